The van der Waals surface area contributed by atoms with Crippen molar-refractivity contribution in [3.8, 4) is 22.6 Å². The van der Waals surface area contributed by atoms with Crippen LogP contribution >= 0.6 is 9.03 Å². The Morgan fingerprint density at radius 2 is 1.54 bits per heavy atom. The normalized spacial score (nSPS) is 26.8. The number of allylic oxidation sites excluding steroid dienone is 8. The minimum atomic E-state index is -0.361. The zero-order valence-corrected chi connectivity index (χ0v) is 22.8. The van der Waals surface area contributed by atoms with Gasteiger partial charge >= 0.3 is 0 Å². The molecule has 5 heteroatoms. The summed E-state index contributed by atoms with van der Waals surface area (Å²) in [7, 11) is -0.348. The summed E-state index contributed by atoms with van der Waals surface area (Å²) in [5, 5.41) is 22.0. The molecule has 0 bridgehead atoms. The predicted molar refractivity (Wildman–Crippen MR) is 152 cm³/mol. The Morgan fingerprint density at radius 3 is 2.30 bits per heavy atom. The zero-order chi connectivity index (χ0) is 26.5. The molecule has 4 unspecified atom stereocenters. The third-order valence-corrected chi connectivity index (χ3v) is 8.34. The van der Waals surface area contributed by atoms with Gasteiger partial charge in [-0.1, -0.05) is 55.2 Å². The number of hydrogen-bond donors (Lipinski definition) is 2. The molecule has 0 amide bonds. The molecule has 1 fully saturated rings. The average molecular weight is 513 g/mol. The van der Waals surface area contributed by atoms with Crippen LogP contribution in [0.5, 0.6) is 11.5 Å². The molecule has 37 heavy (non-hydrogen) atoms. The number of hydrogen-bond acceptors (Lipinski definition) is 4. The van der Waals surface area contributed by atoms with Gasteiger partial charge in [0.05, 0.1) is 5.92 Å². The maximum Gasteiger partial charge on any atom is 0.275 e. The van der Waals surface area contributed by atoms with Crippen LogP contribution in [0.1, 0.15) is 28.7 Å². The van der Waals surface area contributed by atoms with E-state index < -0.39 is 0 Å². The molecule has 190 valence electrons. The molecule has 3 aliphatic rings. The number of aromatic hydroxyl groups is 1. The first-order valence-corrected chi connectivity index (χ1v) is 13.3. The zero-order valence-electron chi connectivity index (χ0n) is 21.8. The van der Waals surface area contributed by atoms with Crippen molar-refractivity contribution in [2.45, 2.75) is 34.1 Å². The summed E-state index contributed by atoms with van der Waals surface area (Å²) >= 11 is 0. The minimum absolute atomic E-state index is 0.203. The fourth-order valence-corrected chi connectivity index (χ4v) is 6.59. The number of phenols is 1. The van der Waals surface area contributed by atoms with Gasteiger partial charge in [-0.15, -0.1) is 0 Å². The van der Waals surface area contributed by atoms with E-state index in [4.69, 9.17) is 9.05 Å². The van der Waals surface area contributed by atoms with Gasteiger partial charge in [0.25, 0.3) is 9.03 Å². The second-order valence-corrected chi connectivity index (χ2v) is 11.0. The van der Waals surface area contributed by atoms with Gasteiger partial charge in [0, 0.05) is 16.5 Å². The van der Waals surface area contributed by atoms with Crippen LogP contribution in [0, 0.1) is 44.9 Å². The lowest BCUT2D eigenvalue weighted by Crippen LogP contribution is -2.25. The molecule has 0 radical (unpaired) electrons. The summed E-state index contributed by atoms with van der Waals surface area (Å²) in [6.45, 7) is 16.5. The highest BCUT2D eigenvalue weighted by atomic mass is 31.1. The second kappa shape index (κ2) is 9.43. The van der Waals surface area contributed by atoms with Crippen molar-refractivity contribution in [2.75, 3.05) is 0 Å². The topological polar surface area (TPSA) is 58.9 Å². The fourth-order valence-electron chi connectivity index (χ4n) is 5.92. The number of aliphatic hydroxyl groups is 1. The SMILES string of the molecule is C=C1/C=C\C=C(\O)C2C(OPOc3c(C)cc(C)cc3-c3cc(C)cc(C)c3O)=CC=CC(=C)C23CC13. The van der Waals surface area contributed by atoms with Crippen molar-refractivity contribution in [1.29, 1.82) is 0 Å². The number of aryl methyl sites for hydroxylation is 4. The van der Waals surface area contributed by atoms with Crippen molar-refractivity contribution >= 4 is 9.03 Å². The Bertz CT molecular complexity index is 1440. The van der Waals surface area contributed by atoms with E-state index in [0.29, 0.717) is 11.5 Å². The van der Waals surface area contributed by atoms with Gasteiger partial charge in [0.1, 0.15) is 23.0 Å². The Morgan fingerprint density at radius 1 is 0.865 bits per heavy atom. The van der Waals surface area contributed by atoms with Crippen molar-refractivity contribution in [3.63, 3.8) is 0 Å². The van der Waals surface area contributed by atoms with Crippen LogP contribution < -0.4 is 4.52 Å². The molecule has 4 atom stereocenters. The Hall–Kier alpha value is -3.49. The van der Waals surface area contributed by atoms with Gasteiger partial charge in [-0.2, -0.15) is 0 Å². The first-order chi connectivity index (χ1) is 17.6. The van der Waals surface area contributed by atoms with Crippen molar-refractivity contribution in [2.24, 2.45) is 17.3 Å². The van der Waals surface area contributed by atoms with E-state index in [2.05, 4.69) is 19.2 Å². The molecule has 2 aromatic rings. The fraction of sp³-hybridized carbons (Fsp3) is 0.250. The van der Waals surface area contributed by atoms with E-state index in [-0.39, 0.29) is 37.8 Å². The number of benzene rings is 2. The standard InChI is InChI=1S/C32H33O4P/c1-18-13-21(4)30(34)24(15-18)25-16-19(2)14-22(5)31(25)36-37-35-28-12-8-10-23(6)32-17-26(32)20(3)9-7-11-27(33)29(28)32/h7-16,26,29,33-34,37H,3,6,17H2,1-2,4-5H3/b9-7-,27-11+. The van der Waals surface area contributed by atoms with Gasteiger partial charge in [-0.25, -0.2) is 0 Å². The highest BCUT2D eigenvalue weighted by molar-refractivity contribution is 7.26. The summed E-state index contributed by atoms with van der Waals surface area (Å²) in [6, 6.07) is 8.04. The first kappa shape index (κ1) is 25.2. The van der Waals surface area contributed by atoms with Crippen LogP contribution in [-0.2, 0) is 4.52 Å². The lowest BCUT2D eigenvalue weighted by atomic mass is 9.77. The van der Waals surface area contributed by atoms with E-state index in [9.17, 15) is 10.2 Å². The van der Waals surface area contributed by atoms with E-state index in [0.717, 1.165) is 50.9 Å². The van der Waals surface area contributed by atoms with Crippen LogP contribution in [0.3, 0.4) is 0 Å². The molecule has 1 spiro atoms. The monoisotopic (exact) mass is 512 g/mol. The molecule has 0 saturated heterocycles. The van der Waals surface area contributed by atoms with Crippen LogP contribution in [-0.4, -0.2) is 10.2 Å². The predicted octanol–water partition coefficient (Wildman–Crippen LogP) is 8.40. The Labute approximate surface area is 221 Å². The highest BCUT2D eigenvalue weighted by Gasteiger charge is 2.63. The Balaban J connectivity index is 1.46. The molecule has 2 aromatic carbocycles. The molecule has 2 N–H and O–H groups in total. The summed E-state index contributed by atoms with van der Waals surface area (Å²) in [5.41, 5.74) is 7.16. The molecule has 0 aliphatic heterocycles. The summed E-state index contributed by atoms with van der Waals surface area (Å²) < 4.78 is 12.6. The van der Waals surface area contributed by atoms with Crippen LogP contribution in [0.25, 0.3) is 11.1 Å². The molecule has 5 rings (SSSR count). The van der Waals surface area contributed by atoms with Crippen LogP contribution in [0.4, 0.5) is 0 Å². The largest absolute Gasteiger partial charge is 0.512 e. The highest BCUT2D eigenvalue weighted by Crippen LogP contribution is 2.69. The number of aliphatic hydroxyl groups excluding tert-OH is 1. The third-order valence-electron chi connectivity index (χ3n) is 7.74. The Kier molecular flexibility index (Phi) is 6.41. The molecule has 0 aromatic heterocycles. The summed E-state index contributed by atoms with van der Waals surface area (Å²) in [5.74, 6) is 1.66. The smallest absolute Gasteiger partial charge is 0.275 e. The van der Waals surface area contributed by atoms with E-state index in [1.54, 1.807) is 6.08 Å². The van der Waals surface area contributed by atoms with Crippen LogP contribution in [0.2, 0.25) is 0 Å². The van der Waals surface area contributed by atoms with Gasteiger partial charge in [-0.05, 0) is 92.1 Å². The first-order valence-electron chi connectivity index (χ1n) is 12.5. The minimum Gasteiger partial charge on any atom is -0.512 e. The molecule has 0 heterocycles. The maximum absolute atomic E-state index is 11.1. The van der Waals surface area contributed by atoms with E-state index in [1.807, 2.05) is 76.3 Å². The van der Waals surface area contributed by atoms with Crippen molar-refractivity contribution in [1.82, 2.24) is 0 Å². The van der Waals surface area contributed by atoms with Gasteiger partial charge < -0.3 is 19.3 Å². The average Bonchev–Trinajstić information content (AvgIpc) is 3.59. The summed E-state index contributed by atoms with van der Waals surface area (Å²) in [4.78, 5) is 0. The van der Waals surface area contributed by atoms with Crippen molar-refractivity contribution in [3.05, 3.63) is 119 Å². The van der Waals surface area contributed by atoms with E-state index >= 15 is 0 Å². The van der Waals surface area contributed by atoms with Gasteiger partial charge in [-0.3, -0.25) is 0 Å². The number of rotatable bonds is 5. The van der Waals surface area contributed by atoms with Gasteiger partial charge in [0.2, 0.25) is 0 Å². The molecular formula is C32H33O4P. The lowest BCUT2D eigenvalue weighted by molar-refractivity contribution is 0.238. The van der Waals surface area contributed by atoms with Crippen LogP contribution in [0.15, 0.2) is 96.5 Å². The number of phenolic OH excluding ortho intramolecular Hbond substituents is 1. The van der Waals surface area contributed by atoms with E-state index in [1.165, 1.54) is 0 Å². The quantitative estimate of drug-likeness (QED) is 0.395. The van der Waals surface area contributed by atoms with Crippen molar-refractivity contribution < 1.29 is 19.3 Å². The molecule has 4 nitrogen and oxygen atoms in total. The summed E-state index contributed by atoms with van der Waals surface area (Å²) in [6.07, 6.45) is 12.2. The second-order valence-electron chi connectivity index (χ2n) is 10.4. The molecular weight excluding hydrogens is 479 g/mol. The molecule has 1 saturated carbocycles. The molecule has 3 aliphatic carbocycles. The lowest BCUT2D eigenvalue weighted by Gasteiger charge is -2.30. The third kappa shape index (κ3) is 4.34. The van der Waals surface area contributed by atoms with Gasteiger partial charge in [0.15, 0.2) is 0 Å². The maximum atomic E-state index is 11.1.